The highest BCUT2D eigenvalue weighted by Gasteiger charge is 2.46. The Labute approximate surface area is 103 Å². The normalized spacial score (nSPS) is 31.8. The zero-order valence-corrected chi connectivity index (χ0v) is 11.1. The maximum Gasteiger partial charge on any atom is 0.146 e. The molecule has 1 rings (SSSR count). The number of aliphatic hydroxyl groups is 2. The predicted octanol–water partition coefficient (Wildman–Crippen LogP) is 0.676. The van der Waals surface area contributed by atoms with E-state index in [-0.39, 0.29) is 19.5 Å². The molecule has 0 radical (unpaired) electrons. The highest BCUT2D eigenvalue weighted by Crippen LogP contribution is 2.37. The molecule has 1 fully saturated rings. The lowest BCUT2D eigenvalue weighted by atomic mass is 9.94. The van der Waals surface area contributed by atoms with Gasteiger partial charge >= 0.3 is 0 Å². The Morgan fingerprint density at radius 1 is 1.53 bits per heavy atom. The van der Waals surface area contributed by atoms with E-state index >= 15 is 0 Å². The van der Waals surface area contributed by atoms with Crippen molar-refractivity contribution in [2.75, 3.05) is 20.5 Å². The van der Waals surface area contributed by atoms with Crippen LogP contribution in [-0.2, 0) is 14.2 Å². The summed E-state index contributed by atoms with van der Waals surface area (Å²) in [5, 5.41) is 19.9. The summed E-state index contributed by atoms with van der Waals surface area (Å²) in [6, 6.07) is 0. The minimum absolute atomic E-state index is 0.155. The van der Waals surface area contributed by atoms with E-state index < -0.39 is 17.3 Å². The fraction of sp³-hybridized carbons (Fsp3) is 1.00. The van der Waals surface area contributed by atoms with E-state index in [1.165, 1.54) is 7.11 Å². The summed E-state index contributed by atoms with van der Waals surface area (Å²) < 4.78 is 15.7. The fourth-order valence-electron chi connectivity index (χ4n) is 2.02. The molecule has 1 aliphatic rings. The largest absolute Gasteiger partial charge is 0.388 e. The molecule has 0 bridgehead atoms. The van der Waals surface area contributed by atoms with Gasteiger partial charge in [0.15, 0.2) is 0 Å². The van der Waals surface area contributed by atoms with Gasteiger partial charge in [-0.05, 0) is 33.6 Å². The van der Waals surface area contributed by atoms with Gasteiger partial charge in [0, 0.05) is 7.11 Å². The van der Waals surface area contributed by atoms with E-state index in [1.54, 1.807) is 13.8 Å². The van der Waals surface area contributed by atoms with Crippen LogP contribution in [0.5, 0.6) is 0 Å². The van der Waals surface area contributed by atoms with E-state index in [0.29, 0.717) is 6.42 Å². The first kappa shape index (κ1) is 14.9. The molecule has 0 unspecified atom stereocenters. The lowest BCUT2D eigenvalue weighted by molar-refractivity contribution is -0.172. The topological polar surface area (TPSA) is 68.2 Å². The minimum Gasteiger partial charge on any atom is -0.388 e. The maximum atomic E-state index is 10.0. The summed E-state index contributed by atoms with van der Waals surface area (Å²) >= 11 is 0. The van der Waals surface area contributed by atoms with Crippen molar-refractivity contribution in [3.8, 4) is 0 Å². The van der Waals surface area contributed by atoms with Crippen LogP contribution in [0.1, 0.15) is 33.6 Å². The van der Waals surface area contributed by atoms with E-state index in [9.17, 15) is 10.2 Å². The van der Waals surface area contributed by atoms with Crippen molar-refractivity contribution in [2.45, 2.75) is 57.0 Å². The fourth-order valence-corrected chi connectivity index (χ4v) is 2.02. The van der Waals surface area contributed by atoms with Gasteiger partial charge in [0.25, 0.3) is 0 Å². The van der Waals surface area contributed by atoms with Crippen molar-refractivity contribution in [1.29, 1.82) is 0 Å². The van der Waals surface area contributed by atoms with Gasteiger partial charge in [-0.1, -0.05) is 0 Å². The molecule has 2 N–H and O–H groups in total. The minimum atomic E-state index is -0.884. The smallest absolute Gasteiger partial charge is 0.146 e. The van der Waals surface area contributed by atoms with Crippen molar-refractivity contribution in [3.05, 3.63) is 0 Å². The van der Waals surface area contributed by atoms with Gasteiger partial charge in [0.1, 0.15) is 12.9 Å². The molecule has 0 aromatic heterocycles. The third-order valence-corrected chi connectivity index (χ3v) is 3.28. The summed E-state index contributed by atoms with van der Waals surface area (Å²) in [6.07, 6.45) is 0.482. The van der Waals surface area contributed by atoms with Gasteiger partial charge in [0.2, 0.25) is 0 Å². The van der Waals surface area contributed by atoms with Crippen LogP contribution in [0, 0.1) is 0 Å². The van der Waals surface area contributed by atoms with Gasteiger partial charge in [0.05, 0.1) is 23.9 Å². The quantitative estimate of drug-likeness (QED) is 0.534. The molecule has 0 amide bonds. The number of aliphatic hydroxyl groups excluding tert-OH is 1. The standard InChI is InChI=1S/C12H24O5/c1-11(2,14)10-5-6-12(3,17-10)9(13)7-16-8-15-4/h9-10,13-14H,5-8H2,1-4H3/t9-,10+,12-/m0/s1. The lowest BCUT2D eigenvalue weighted by Gasteiger charge is -2.33. The molecule has 0 aromatic rings. The van der Waals surface area contributed by atoms with Crippen LogP contribution in [-0.4, -0.2) is 54.1 Å². The first-order valence-corrected chi connectivity index (χ1v) is 5.94. The third kappa shape index (κ3) is 3.89. The lowest BCUT2D eigenvalue weighted by Crippen LogP contribution is -2.45. The molecule has 0 saturated carbocycles. The summed E-state index contributed by atoms with van der Waals surface area (Å²) in [4.78, 5) is 0. The van der Waals surface area contributed by atoms with Crippen LogP contribution >= 0.6 is 0 Å². The molecular weight excluding hydrogens is 224 g/mol. The van der Waals surface area contributed by atoms with E-state index in [1.807, 2.05) is 6.92 Å². The molecule has 0 aliphatic carbocycles. The van der Waals surface area contributed by atoms with Crippen LogP contribution in [0.4, 0.5) is 0 Å². The molecule has 1 heterocycles. The number of hydrogen-bond acceptors (Lipinski definition) is 5. The molecule has 5 nitrogen and oxygen atoms in total. The second kappa shape index (κ2) is 5.63. The van der Waals surface area contributed by atoms with Crippen LogP contribution in [0.25, 0.3) is 0 Å². The van der Waals surface area contributed by atoms with Crippen molar-refractivity contribution in [2.24, 2.45) is 0 Å². The Bertz CT molecular complexity index is 238. The van der Waals surface area contributed by atoms with Crippen LogP contribution in [0.15, 0.2) is 0 Å². The second-order valence-electron chi connectivity index (χ2n) is 5.40. The van der Waals surface area contributed by atoms with Crippen molar-refractivity contribution in [3.63, 3.8) is 0 Å². The average molecular weight is 248 g/mol. The predicted molar refractivity (Wildman–Crippen MR) is 62.6 cm³/mol. The Kier molecular flexibility index (Phi) is 4.92. The van der Waals surface area contributed by atoms with E-state index in [4.69, 9.17) is 14.2 Å². The SMILES string of the molecule is COCOC[C@H](O)[C@]1(C)CC[C@H](C(C)(C)O)O1. The van der Waals surface area contributed by atoms with Crippen LogP contribution in [0.2, 0.25) is 0 Å². The van der Waals surface area contributed by atoms with E-state index in [0.717, 1.165) is 6.42 Å². The highest BCUT2D eigenvalue weighted by molar-refractivity contribution is 4.95. The summed E-state index contributed by atoms with van der Waals surface area (Å²) in [7, 11) is 1.53. The molecule has 17 heavy (non-hydrogen) atoms. The molecule has 1 aliphatic heterocycles. The zero-order chi connectivity index (χ0) is 13.1. The monoisotopic (exact) mass is 248 g/mol. The average Bonchev–Trinajstić information content (AvgIpc) is 2.62. The molecule has 3 atom stereocenters. The Morgan fingerprint density at radius 3 is 2.65 bits per heavy atom. The Hall–Kier alpha value is -0.200. The zero-order valence-electron chi connectivity index (χ0n) is 11.1. The molecule has 0 spiro atoms. The molecular formula is C12H24O5. The Morgan fingerprint density at radius 2 is 2.18 bits per heavy atom. The highest BCUT2D eigenvalue weighted by atomic mass is 16.7. The third-order valence-electron chi connectivity index (χ3n) is 3.28. The molecule has 0 aromatic carbocycles. The van der Waals surface area contributed by atoms with Gasteiger partial charge < -0.3 is 24.4 Å². The first-order valence-electron chi connectivity index (χ1n) is 5.94. The summed E-state index contributed by atoms with van der Waals surface area (Å²) in [5.41, 5.74) is -1.54. The maximum absolute atomic E-state index is 10.0. The molecule has 102 valence electrons. The number of rotatable bonds is 6. The summed E-state index contributed by atoms with van der Waals surface area (Å²) in [6.45, 7) is 5.61. The first-order chi connectivity index (χ1) is 7.79. The van der Waals surface area contributed by atoms with E-state index in [2.05, 4.69) is 0 Å². The number of ether oxygens (including phenoxy) is 3. The van der Waals surface area contributed by atoms with Gasteiger partial charge in [-0.3, -0.25) is 0 Å². The van der Waals surface area contributed by atoms with Crippen molar-refractivity contribution in [1.82, 2.24) is 0 Å². The van der Waals surface area contributed by atoms with Crippen molar-refractivity contribution >= 4 is 0 Å². The second-order valence-corrected chi connectivity index (χ2v) is 5.40. The Balaban J connectivity index is 2.47. The molecule has 5 heteroatoms. The van der Waals surface area contributed by atoms with Crippen LogP contribution in [0.3, 0.4) is 0 Å². The number of hydrogen-bond donors (Lipinski definition) is 2. The van der Waals surface area contributed by atoms with Crippen molar-refractivity contribution < 1.29 is 24.4 Å². The van der Waals surface area contributed by atoms with Gasteiger partial charge in [-0.25, -0.2) is 0 Å². The number of methoxy groups -OCH3 is 1. The summed E-state index contributed by atoms with van der Waals surface area (Å²) in [5.74, 6) is 0. The molecule has 1 saturated heterocycles. The van der Waals surface area contributed by atoms with Crippen LogP contribution < -0.4 is 0 Å². The van der Waals surface area contributed by atoms with Gasteiger partial charge in [-0.2, -0.15) is 0 Å². The van der Waals surface area contributed by atoms with Gasteiger partial charge in [-0.15, -0.1) is 0 Å².